The van der Waals surface area contributed by atoms with E-state index >= 15 is 0 Å². The molecule has 0 heterocycles. The molecule has 0 rings (SSSR count). The van der Waals surface area contributed by atoms with Gasteiger partial charge in [-0.2, -0.15) is 0 Å². The van der Waals surface area contributed by atoms with Crippen molar-refractivity contribution >= 4 is 0 Å². The van der Waals surface area contributed by atoms with Crippen molar-refractivity contribution in [1.29, 1.82) is 0 Å². The second kappa shape index (κ2) is 5.93. The van der Waals surface area contributed by atoms with Crippen molar-refractivity contribution in [3.63, 3.8) is 0 Å². The van der Waals surface area contributed by atoms with Gasteiger partial charge in [-0.15, -0.1) is 0 Å². The fraction of sp³-hybridized carbons (Fsp3) is 1.00. The molecule has 9 heavy (non-hydrogen) atoms. The van der Waals surface area contributed by atoms with E-state index in [1.54, 1.807) is 6.92 Å². The summed E-state index contributed by atoms with van der Waals surface area (Å²) in [5.74, 6) is -1.40. The Bertz CT molecular complexity index is 52.3. The minimum atomic E-state index is -1.40. The van der Waals surface area contributed by atoms with Gasteiger partial charge in [-0.25, -0.2) is 0 Å². The Hall–Kier alpha value is -0.200. The van der Waals surface area contributed by atoms with Gasteiger partial charge in [0.2, 0.25) is 0 Å². The van der Waals surface area contributed by atoms with Gasteiger partial charge in [0.15, 0.2) is 0 Å². The summed E-state index contributed by atoms with van der Waals surface area (Å²) in [6.45, 7) is 1.53. The van der Waals surface area contributed by atoms with E-state index in [9.17, 15) is 0 Å². The minimum absolute atomic E-state index is 0.250. The molecule has 0 aliphatic carbocycles. The summed E-state index contributed by atoms with van der Waals surface area (Å²) in [7, 11) is 0. The number of aliphatic hydroxyl groups is 2. The molecule has 0 spiro atoms. The molecule has 0 aromatic carbocycles. The average molecular weight is 137 g/mol. The van der Waals surface area contributed by atoms with Crippen LogP contribution < -0.4 is 17.2 Å². The molecular formula is C4H15N3O2. The van der Waals surface area contributed by atoms with Crippen LogP contribution in [0.2, 0.25) is 0 Å². The lowest BCUT2D eigenvalue weighted by atomic mass is 10.4. The van der Waals surface area contributed by atoms with Crippen molar-refractivity contribution < 1.29 is 10.2 Å². The maximum atomic E-state index is 8.03. The first-order valence-electron chi connectivity index (χ1n) is 2.56. The molecule has 0 amide bonds. The van der Waals surface area contributed by atoms with Crippen molar-refractivity contribution in [3.8, 4) is 0 Å². The highest BCUT2D eigenvalue weighted by Crippen LogP contribution is 1.66. The zero-order valence-electron chi connectivity index (χ0n) is 5.54. The predicted molar refractivity (Wildman–Crippen MR) is 35.1 cm³/mol. The lowest BCUT2D eigenvalue weighted by Crippen LogP contribution is -2.60. The van der Waals surface area contributed by atoms with Gasteiger partial charge in [-0.1, -0.05) is 0 Å². The van der Waals surface area contributed by atoms with Crippen LogP contribution in [0, 0.1) is 0 Å². The highest BCUT2D eigenvalue weighted by atomic mass is 16.3. The molecule has 8 N–H and O–H groups in total. The molecule has 0 radical (unpaired) electrons. The van der Waals surface area contributed by atoms with Crippen LogP contribution in [0.5, 0.6) is 0 Å². The number of aliphatic hydroxyl groups excluding tert-OH is 2. The molecule has 0 aliphatic heterocycles. The number of rotatable bonds is 1. The quantitative estimate of drug-likeness (QED) is 0.256. The minimum Gasteiger partial charge on any atom is -0.397 e. The first-order valence-corrected chi connectivity index (χ1v) is 2.56. The molecule has 0 aromatic rings. The normalized spacial score (nSPS) is 10.0. The molecule has 0 fully saturated rings. The van der Waals surface area contributed by atoms with E-state index in [2.05, 4.69) is 0 Å². The Balaban J connectivity index is 0. The highest BCUT2D eigenvalue weighted by molar-refractivity contribution is 4.63. The van der Waals surface area contributed by atoms with Gasteiger partial charge in [0.25, 0.3) is 0 Å². The monoisotopic (exact) mass is 137 g/mol. The number of hydrogen-bond donors (Lipinski definition) is 5. The van der Waals surface area contributed by atoms with Crippen molar-refractivity contribution in [1.82, 2.24) is 0 Å². The van der Waals surface area contributed by atoms with E-state index in [4.69, 9.17) is 27.4 Å². The maximum Gasteiger partial charge on any atom is 0.139 e. The Morgan fingerprint density at radius 2 is 1.33 bits per heavy atom. The van der Waals surface area contributed by atoms with Gasteiger partial charge < -0.3 is 10.2 Å². The van der Waals surface area contributed by atoms with E-state index in [1.807, 2.05) is 0 Å². The predicted octanol–water partition coefficient (Wildman–Crippen LogP) is -2.49. The van der Waals surface area contributed by atoms with Crippen LogP contribution in [0.1, 0.15) is 6.92 Å². The average Bonchev–Trinajstić information content (AvgIpc) is 1.67. The Morgan fingerprint density at radius 3 is 1.33 bits per heavy atom. The summed E-state index contributed by atoms with van der Waals surface area (Å²) in [4.78, 5) is 0. The summed E-state index contributed by atoms with van der Waals surface area (Å²) in [5, 5.41) is 15.6. The fourth-order valence-electron chi connectivity index (χ4n) is 0. The van der Waals surface area contributed by atoms with Crippen LogP contribution in [-0.4, -0.2) is 29.2 Å². The van der Waals surface area contributed by atoms with E-state index in [1.165, 1.54) is 0 Å². The molecule has 0 aliphatic rings. The third kappa shape index (κ3) is 33.5. The van der Waals surface area contributed by atoms with Crippen molar-refractivity contribution in [2.75, 3.05) is 13.2 Å². The van der Waals surface area contributed by atoms with Crippen LogP contribution in [0.25, 0.3) is 0 Å². The van der Waals surface area contributed by atoms with Crippen LogP contribution in [0.3, 0.4) is 0 Å². The van der Waals surface area contributed by atoms with Gasteiger partial charge in [0.05, 0.1) is 6.61 Å². The Kier molecular flexibility index (Phi) is 7.63. The van der Waals surface area contributed by atoms with Gasteiger partial charge in [0.1, 0.15) is 5.79 Å². The number of hydrogen-bond acceptors (Lipinski definition) is 5. The van der Waals surface area contributed by atoms with Crippen molar-refractivity contribution in [2.24, 2.45) is 17.2 Å². The van der Waals surface area contributed by atoms with E-state index < -0.39 is 12.4 Å². The van der Waals surface area contributed by atoms with Gasteiger partial charge in [-0.3, -0.25) is 17.2 Å². The van der Waals surface area contributed by atoms with Crippen LogP contribution >= 0.6 is 0 Å². The third-order valence-corrected chi connectivity index (χ3v) is 0.274. The molecule has 58 valence electrons. The Morgan fingerprint density at radius 1 is 1.22 bits per heavy atom. The molecule has 0 bridgehead atoms. The molecule has 0 atom stereocenters. The summed E-state index contributed by atoms with van der Waals surface area (Å²) < 4.78 is 0. The number of nitrogens with two attached hydrogens (primary N) is 3. The first-order chi connectivity index (χ1) is 3.97. The van der Waals surface area contributed by atoms with Gasteiger partial charge >= 0.3 is 0 Å². The SMILES string of the molecule is CCO.NC(N)(N)CO. The zero-order chi connectivity index (χ0) is 7.91. The summed E-state index contributed by atoms with van der Waals surface area (Å²) in [6.07, 6.45) is 0. The van der Waals surface area contributed by atoms with Gasteiger partial charge in [-0.05, 0) is 6.92 Å². The molecular weight excluding hydrogens is 122 g/mol. The topological polar surface area (TPSA) is 119 Å². The van der Waals surface area contributed by atoms with Crippen LogP contribution in [0.15, 0.2) is 0 Å². The summed E-state index contributed by atoms with van der Waals surface area (Å²) in [5.41, 5.74) is 14.5. The second-order valence-corrected chi connectivity index (χ2v) is 1.59. The maximum absolute atomic E-state index is 8.03. The fourth-order valence-corrected chi connectivity index (χ4v) is 0. The van der Waals surface area contributed by atoms with E-state index in [-0.39, 0.29) is 6.61 Å². The zero-order valence-corrected chi connectivity index (χ0v) is 5.54. The van der Waals surface area contributed by atoms with E-state index in [0.717, 1.165) is 0 Å². The van der Waals surface area contributed by atoms with Crippen LogP contribution in [0.4, 0.5) is 0 Å². The summed E-state index contributed by atoms with van der Waals surface area (Å²) in [6, 6.07) is 0. The third-order valence-electron chi connectivity index (χ3n) is 0.274. The molecule has 5 nitrogen and oxygen atoms in total. The summed E-state index contributed by atoms with van der Waals surface area (Å²) >= 11 is 0. The van der Waals surface area contributed by atoms with Crippen molar-refractivity contribution in [2.45, 2.75) is 12.7 Å². The van der Waals surface area contributed by atoms with Gasteiger partial charge in [0, 0.05) is 6.61 Å². The molecule has 0 saturated heterocycles. The first kappa shape index (κ1) is 11.6. The van der Waals surface area contributed by atoms with E-state index in [0.29, 0.717) is 0 Å². The van der Waals surface area contributed by atoms with Crippen molar-refractivity contribution in [3.05, 3.63) is 0 Å². The lowest BCUT2D eigenvalue weighted by Gasteiger charge is -2.12. The largest absolute Gasteiger partial charge is 0.397 e. The molecule has 0 unspecified atom stereocenters. The Labute approximate surface area is 54.4 Å². The van der Waals surface area contributed by atoms with Crippen LogP contribution in [-0.2, 0) is 0 Å². The smallest absolute Gasteiger partial charge is 0.139 e. The molecule has 0 saturated carbocycles. The lowest BCUT2D eigenvalue weighted by molar-refractivity contribution is 0.205. The second-order valence-electron chi connectivity index (χ2n) is 1.59. The molecule has 5 heteroatoms. The standard InChI is InChI=1S/C2H9N3O.C2H6O/c3-2(4,5)1-6;1-2-3/h6H,1,3-5H2;3H,2H2,1H3. The highest BCUT2D eigenvalue weighted by Gasteiger charge is 2.06. The molecule has 0 aromatic heterocycles.